The second-order valence-electron chi connectivity index (χ2n) is 4.17. The highest BCUT2D eigenvalue weighted by atomic mass is 32.2. The normalized spacial score (nSPS) is 14.0. The molecule has 0 saturated carbocycles. The van der Waals surface area contributed by atoms with Gasteiger partial charge in [0, 0.05) is 10.5 Å². The summed E-state index contributed by atoms with van der Waals surface area (Å²) >= 11 is 1.91. The van der Waals surface area contributed by atoms with E-state index in [1.54, 1.807) is 0 Å². The van der Waals surface area contributed by atoms with Crippen LogP contribution in [0.15, 0.2) is 59.5 Å². The summed E-state index contributed by atoms with van der Waals surface area (Å²) in [5, 5.41) is 0. The average Bonchev–Trinajstić information content (AvgIpc) is 2.40. The lowest BCUT2D eigenvalue weighted by atomic mass is 10.2. The molecule has 1 aliphatic rings. The van der Waals surface area contributed by atoms with Crippen LogP contribution in [-0.2, 0) is 6.54 Å². The average molecular weight is 240 g/mol. The molecular formula is C15H14NS+. The zero-order valence-electron chi connectivity index (χ0n) is 9.54. The van der Waals surface area contributed by atoms with Crippen LogP contribution < -0.4 is 0 Å². The fourth-order valence-electron chi connectivity index (χ4n) is 2.01. The lowest BCUT2D eigenvalue weighted by molar-refractivity contribution is -0.519. The molecule has 3 rings (SSSR count). The first-order chi connectivity index (χ1) is 8.42. The lowest BCUT2D eigenvalue weighted by Gasteiger charge is -2.11. The second kappa shape index (κ2) is 4.76. The Labute approximate surface area is 106 Å². The van der Waals surface area contributed by atoms with Gasteiger partial charge in [-0.2, -0.15) is 0 Å². The maximum atomic E-state index is 2.36. The zero-order valence-corrected chi connectivity index (χ0v) is 10.4. The van der Waals surface area contributed by atoms with Gasteiger partial charge in [0.05, 0.1) is 5.56 Å². The fourth-order valence-corrected chi connectivity index (χ4v) is 2.95. The van der Waals surface area contributed by atoms with Crippen molar-refractivity contribution in [2.24, 2.45) is 0 Å². The molecule has 0 bridgehead atoms. The molecule has 0 saturated heterocycles. The topological polar surface area (TPSA) is 3.01 Å². The van der Waals surface area contributed by atoms with E-state index in [0.29, 0.717) is 0 Å². The number of rotatable bonds is 2. The summed E-state index contributed by atoms with van der Waals surface area (Å²) in [6.07, 6.45) is 2.26. The van der Waals surface area contributed by atoms with Crippen LogP contribution in [0.3, 0.4) is 0 Å². The van der Waals surface area contributed by atoms with Crippen molar-refractivity contribution >= 4 is 18.0 Å². The third kappa shape index (κ3) is 2.42. The molecule has 1 aliphatic heterocycles. The van der Waals surface area contributed by atoms with Gasteiger partial charge in [0.2, 0.25) is 0 Å². The van der Waals surface area contributed by atoms with Crippen molar-refractivity contribution in [1.29, 1.82) is 0 Å². The molecule has 0 fully saturated rings. The molecule has 84 valence electrons. The Kier molecular flexibility index (Phi) is 2.97. The zero-order chi connectivity index (χ0) is 11.5. The van der Waals surface area contributed by atoms with E-state index in [1.165, 1.54) is 16.0 Å². The van der Waals surface area contributed by atoms with Gasteiger partial charge in [-0.05, 0) is 12.1 Å². The maximum absolute atomic E-state index is 2.36. The molecule has 0 amide bonds. The van der Waals surface area contributed by atoms with Crippen LogP contribution in [0.4, 0.5) is 0 Å². The van der Waals surface area contributed by atoms with Crippen molar-refractivity contribution in [3.63, 3.8) is 0 Å². The van der Waals surface area contributed by atoms with E-state index in [2.05, 4.69) is 65.4 Å². The van der Waals surface area contributed by atoms with E-state index in [4.69, 9.17) is 0 Å². The molecule has 17 heavy (non-hydrogen) atoms. The first kappa shape index (κ1) is 10.6. The van der Waals surface area contributed by atoms with Crippen LogP contribution in [0.2, 0.25) is 0 Å². The Morgan fingerprint density at radius 3 is 2.59 bits per heavy atom. The predicted molar refractivity (Wildman–Crippen MR) is 72.7 cm³/mol. The van der Waals surface area contributed by atoms with E-state index < -0.39 is 0 Å². The van der Waals surface area contributed by atoms with Crippen molar-refractivity contribution in [3.05, 3.63) is 65.7 Å². The third-order valence-electron chi connectivity index (χ3n) is 2.86. The molecule has 2 aromatic carbocycles. The molecule has 0 aromatic heterocycles. The molecule has 0 unspecified atom stereocenters. The van der Waals surface area contributed by atoms with Crippen molar-refractivity contribution < 1.29 is 4.58 Å². The highest BCUT2D eigenvalue weighted by molar-refractivity contribution is 7.99. The Hall–Kier alpha value is -1.54. The molecule has 0 aliphatic carbocycles. The maximum Gasteiger partial charge on any atom is 0.193 e. The second-order valence-corrected chi connectivity index (χ2v) is 5.16. The quantitative estimate of drug-likeness (QED) is 0.727. The standard InChI is InChI=1S/C15H14NS/c1-2-6-13(7-3-1)10-16-11-14-8-4-5-9-15(14)17-12-16/h1-9,11H,10,12H2/q+1. The number of fused-ring (bicyclic) bond motifs is 1. The van der Waals surface area contributed by atoms with E-state index in [1.807, 2.05) is 11.8 Å². The molecule has 1 nitrogen and oxygen atoms in total. The Morgan fingerprint density at radius 1 is 0.941 bits per heavy atom. The molecule has 1 heterocycles. The Bertz CT molecular complexity index is 546. The van der Waals surface area contributed by atoms with E-state index in [-0.39, 0.29) is 0 Å². The Morgan fingerprint density at radius 2 is 1.71 bits per heavy atom. The largest absolute Gasteiger partial charge is 0.221 e. The van der Waals surface area contributed by atoms with E-state index >= 15 is 0 Å². The van der Waals surface area contributed by atoms with Gasteiger partial charge in [-0.3, -0.25) is 0 Å². The molecule has 0 atom stereocenters. The van der Waals surface area contributed by atoms with Crippen LogP contribution in [0.1, 0.15) is 11.1 Å². The summed E-state index contributed by atoms with van der Waals surface area (Å²) in [5.74, 6) is 1.03. The number of thioether (sulfide) groups is 1. The number of hydrogen-bond acceptors (Lipinski definition) is 1. The van der Waals surface area contributed by atoms with Crippen molar-refractivity contribution in [3.8, 4) is 0 Å². The summed E-state index contributed by atoms with van der Waals surface area (Å²) in [5.41, 5.74) is 2.70. The van der Waals surface area contributed by atoms with Crippen molar-refractivity contribution in [2.45, 2.75) is 11.4 Å². The summed E-state index contributed by atoms with van der Waals surface area (Å²) in [7, 11) is 0. The first-order valence-corrected chi connectivity index (χ1v) is 6.75. The SMILES string of the molecule is C1=[N+](Cc2ccccc2)CSc2ccccc21. The highest BCUT2D eigenvalue weighted by Gasteiger charge is 2.15. The molecule has 2 aromatic rings. The van der Waals surface area contributed by atoms with Gasteiger partial charge < -0.3 is 0 Å². The summed E-state index contributed by atoms with van der Waals surface area (Å²) in [6.45, 7) is 0.988. The molecule has 2 heteroatoms. The minimum atomic E-state index is 0.988. The first-order valence-electron chi connectivity index (χ1n) is 5.76. The minimum Gasteiger partial charge on any atom is -0.221 e. The van der Waals surface area contributed by atoms with Gasteiger partial charge in [0.15, 0.2) is 18.6 Å². The van der Waals surface area contributed by atoms with Gasteiger partial charge in [0.25, 0.3) is 0 Å². The van der Waals surface area contributed by atoms with Crippen LogP contribution >= 0.6 is 11.8 Å². The van der Waals surface area contributed by atoms with Crippen LogP contribution in [0.5, 0.6) is 0 Å². The molecule has 0 N–H and O–H groups in total. The molecule has 0 spiro atoms. The van der Waals surface area contributed by atoms with Crippen LogP contribution in [-0.4, -0.2) is 16.7 Å². The van der Waals surface area contributed by atoms with Gasteiger partial charge in [0.1, 0.15) is 0 Å². The van der Waals surface area contributed by atoms with Crippen molar-refractivity contribution in [2.75, 3.05) is 5.88 Å². The van der Waals surface area contributed by atoms with Gasteiger partial charge in [-0.1, -0.05) is 54.2 Å². The number of benzene rings is 2. The van der Waals surface area contributed by atoms with Gasteiger partial charge in [-0.15, -0.1) is 0 Å². The summed E-state index contributed by atoms with van der Waals surface area (Å²) < 4.78 is 2.36. The third-order valence-corrected chi connectivity index (χ3v) is 4.00. The molecule has 0 radical (unpaired) electrons. The minimum absolute atomic E-state index is 0.988. The molecular weight excluding hydrogens is 226 g/mol. The smallest absolute Gasteiger partial charge is 0.193 e. The van der Waals surface area contributed by atoms with Crippen LogP contribution in [0.25, 0.3) is 0 Å². The van der Waals surface area contributed by atoms with Gasteiger partial charge in [-0.25, -0.2) is 4.58 Å². The van der Waals surface area contributed by atoms with Crippen LogP contribution in [0, 0.1) is 0 Å². The lowest BCUT2D eigenvalue weighted by Crippen LogP contribution is -2.17. The number of nitrogens with zero attached hydrogens (tertiary/aromatic N) is 1. The van der Waals surface area contributed by atoms with Crippen molar-refractivity contribution in [1.82, 2.24) is 0 Å². The summed E-state index contributed by atoms with van der Waals surface area (Å²) in [4.78, 5) is 1.39. The monoisotopic (exact) mass is 240 g/mol. The predicted octanol–water partition coefficient (Wildman–Crippen LogP) is 3.38. The fraction of sp³-hybridized carbons (Fsp3) is 0.133. The number of hydrogen-bond donors (Lipinski definition) is 0. The Balaban J connectivity index is 1.85. The van der Waals surface area contributed by atoms with E-state index in [0.717, 1.165) is 12.4 Å². The highest BCUT2D eigenvalue weighted by Crippen LogP contribution is 2.25. The van der Waals surface area contributed by atoms with E-state index in [9.17, 15) is 0 Å². The van der Waals surface area contributed by atoms with Gasteiger partial charge >= 0.3 is 0 Å². The summed E-state index contributed by atoms with van der Waals surface area (Å²) in [6, 6.07) is 19.2.